The molecule has 0 saturated carbocycles. The molecule has 0 bridgehead atoms. The van der Waals surface area contributed by atoms with E-state index in [9.17, 15) is 0 Å². The van der Waals surface area contributed by atoms with Gasteiger partial charge in [0.2, 0.25) is 0 Å². The van der Waals surface area contributed by atoms with Crippen LogP contribution < -0.4 is 9.47 Å². The fourth-order valence-corrected chi connectivity index (χ4v) is 4.02. The summed E-state index contributed by atoms with van der Waals surface area (Å²) < 4.78 is 11.0. The van der Waals surface area contributed by atoms with Gasteiger partial charge in [-0.1, -0.05) is 0 Å². The molecule has 0 amide bonds. The summed E-state index contributed by atoms with van der Waals surface area (Å²) in [5.41, 5.74) is 4.17. The molecule has 150 valence electrons. The van der Waals surface area contributed by atoms with Gasteiger partial charge < -0.3 is 9.47 Å². The van der Waals surface area contributed by atoms with Crippen molar-refractivity contribution in [2.75, 3.05) is 27.3 Å². The topological polar surface area (TPSA) is 73.3 Å². The van der Waals surface area contributed by atoms with E-state index in [0.717, 1.165) is 48.4 Å². The summed E-state index contributed by atoms with van der Waals surface area (Å²) in [4.78, 5) is 20.0. The highest BCUT2D eigenvalue weighted by Gasteiger charge is 2.26. The molecule has 0 aromatic carbocycles. The van der Waals surface area contributed by atoms with Gasteiger partial charge in [0.25, 0.3) is 0 Å². The number of rotatable bonds is 6. The largest absolute Gasteiger partial charge is 0.493 e. The molecule has 0 radical (unpaired) electrons. The molecule has 1 aliphatic rings. The van der Waals surface area contributed by atoms with E-state index >= 15 is 0 Å². The number of nitrogens with zero attached hydrogens (tertiary/aromatic N) is 5. The Morgan fingerprint density at radius 3 is 2.69 bits per heavy atom. The van der Waals surface area contributed by atoms with Gasteiger partial charge in [-0.2, -0.15) is 0 Å². The predicted molar refractivity (Wildman–Crippen MR) is 110 cm³/mol. The van der Waals surface area contributed by atoms with Crippen molar-refractivity contribution in [3.05, 3.63) is 60.7 Å². The van der Waals surface area contributed by atoms with E-state index in [-0.39, 0.29) is 0 Å². The Kier molecular flexibility index (Phi) is 5.95. The molecule has 7 nitrogen and oxygen atoms in total. The molecule has 29 heavy (non-hydrogen) atoms. The first-order chi connectivity index (χ1) is 14.3. The van der Waals surface area contributed by atoms with Crippen LogP contribution in [0.4, 0.5) is 0 Å². The average molecular weight is 391 g/mol. The lowest BCUT2D eigenvalue weighted by Gasteiger charge is -2.33. The van der Waals surface area contributed by atoms with Gasteiger partial charge in [-0.3, -0.25) is 14.9 Å². The maximum absolute atomic E-state index is 5.56. The van der Waals surface area contributed by atoms with Crippen molar-refractivity contribution in [3.8, 4) is 22.6 Å². The quantitative estimate of drug-likeness (QED) is 0.638. The lowest BCUT2D eigenvalue weighted by Crippen LogP contribution is -2.34. The second kappa shape index (κ2) is 8.96. The van der Waals surface area contributed by atoms with Crippen molar-refractivity contribution in [2.45, 2.75) is 25.3 Å². The van der Waals surface area contributed by atoms with E-state index in [0.29, 0.717) is 24.0 Å². The van der Waals surface area contributed by atoms with Crippen LogP contribution in [-0.4, -0.2) is 52.1 Å². The Hall–Kier alpha value is -3.06. The van der Waals surface area contributed by atoms with Crippen LogP contribution in [-0.2, 0) is 6.54 Å². The number of aromatic nitrogens is 4. The van der Waals surface area contributed by atoms with E-state index < -0.39 is 0 Å². The van der Waals surface area contributed by atoms with Crippen molar-refractivity contribution in [1.82, 2.24) is 24.8 Å². The zero-order valence-corrected chi connectivity index (χ0v) is 16.8. The van der Waals surface area contributed by atoms with Gasteiger partial charge in [0, 0.05) is 55.4 Å². The molecule has 7 heteroatoms. The lowest BCUT2D eigenvalue weighted by atomic mass is 9.90. The van der Waals surface area contributed by atoms with Crippen LogP contribution in [0.3, 0.4) is 0 Å². The minimum absolute atomic E-state index is 0.339. The van der Waals surface area contributed by atoms with E-state index in [1.54, 1.807) is 39.1 Å². The first-order valence-electron chi connectivity index (χ1n) is 9.78. The smallest absolute Gasteiger partial charge is 0.183 e. The molecule has 0 N–H and O–H groups in total. The molecule has 1 atom stereocenters. The molecule has 1 saturated heterocycles. The summed E-state index contributed by atoms with van der Waals surface area (Å²) in [6, 6.07) is 5.84. The fourth-order valence-electron chi connectivity index (χ4n) is 4.02. The number of hydrogen-bond donors (Lipinski definition) is 0. The standard InChI is InChI=1S/C22H25N5O2/c1-28-20-7-10-25-19(22(20)29-2)14-27-11-3-4-17(13-27)21-18(12-24-15-26-21)16-5-8-23-9-6-16/h5-10,12,15,17H,3-4,11,13-14H2,1-2H3. The van der Waals surface area contributed by atoms with Gasteiger partial charge in [-0.15, -0.1) is 0 Å². The molecule has 4 heterocycles. The van der Waals surface area contributed by atoms with Gasteiger partial charge in [0.15, 0.2) is 11.5 Å². The molecule has 3 aromatic heterocycles. The van der Waals surface area contributed by atoms with Crippen molar-refractivity contribution in [3.63, 3.8) is 0 Å². The zero-order chi connectivity index (χ0) is 20.1. The second-order valence-corrected chi connectivity index (χ2v) is 7.12. The van der Waals surface area contributed by atoms with Gasteiger partial charge >= 0.3 is 0 Å². The molecule has 1 unspecified atom stereocenters. The Morgan fingerprint density at radius 1 is 1.03 bits per heavy atom. The highest BCUT2D eigenvalue weighted by Crippen LogP contribution is 2.34. The number of ether oxygens (including phenoxy) is 2. The maximum Gasteiger partial charge on any atom is 0.183 e. The van der Waals surface area contributed by atoms with Crippen LogP contribution >= 0.6 is 0 Å². The third kappa shape index (κ3) is 4.19. The summed E-state index contributed by atoms with van der Waals surface area (Å²) in [5, 5.41) is 0. The molecular weight excluding hydrogens is 366 g/mol. The number of methoxy groups -OCH3 is 2. The number of hydrogen-bond acceptors (Lipinski definition) is 7. The third-order valence-corrected chi connectivity index (χ3v) is 5.37. The first kappa shape index (κ1) is 19.3. The van der Waals surface area contributed by atoms with E-state index in [1.165, 1.54) is 0 Å². The van der Waals surface area contributed by atoms with Crippen molar-refractivity contribution < 1.29 is 9.47 Å². The monoisotopic (exact) mass is 391 g/mol. The van der Waals surface area contributed by atoms with E-state index in [2.05, 4.69) is 24.8 Å². The van der Waals surface area contributed by atoms with Crippen LogP contribution in [0.25, 0.3) is 11.1 Å². The summed E-state index contributed by atoms with van der Waals surface area (Å²) in [7, 11) is 3.30. The minimum atomic E-state index is 0.339. The Labute approximate surface area is 170 Å². The van der Waals surface area contributed by atoms with Crippen molar-refractivity contribution >= 4 is 0 Å². The normalized spacial score (nSPS) is 17.1. The van der Waals surface area contributed by atoms with Gasteiger partial charge in [0.1, 0.15) is 12.0 Å². The summed E-state index contributed by atoms with van der Waals surface area (Å²) >= 11 is 0. The first-order valence-corrected chi connectivity index (χ1v) is 9.78. The molecule has 1 fully saturated rings. The number of piperidine rings is 1. The lowest BCUT2D eigenvalue weighted by molar-refractivity contribution is 0.193. The van der Waals surface area contributed by atoms with Gasteiger partial charge in [0.05, 0.1) is 19.9 Å². The Balaban J connectivity index is 1.56. The second-order valence-electron chi connectivity index (χ2n) is 7.12. The minimum Gasteiger partial charge on any atom is -0.493 e. The van der Waals surface area contributed by atoms with Gasteiger partial charge in [-0.25, -0.2) is 9.97 Å². The average Bonchev–Trinajstić information content (AvgIpc) is 2.79. The van der Waals surface area contributed by atoms with Crippen LogP contribution in [0.1, 0.15) is 30.1 Å². The van der Waals surface area contributed by atoms with E-state index in [4.69, 9.17) is 9.47 Å². The summed E-state index contributed by atoms with van der Waals surface area (Å²) in [6.07, 6.45) is 11.1. The zero-order valence-electron chi connectivity index (χ0n) is 16.8. The number of likely N-dealkylation sites (tertiary alicyclic amines) is 1. The van der Waals surface area contributed by atoms with Crippen LogP contribution in [0.2, 0.25) is 0 Å². The van der Waals surface area contributed by atoms with Crippen LogP contribution in [0, 0.1) is 0 Å². The maximum atomic E-state index is 5.56. The Bertz CT molecular complexity index is 951. The molecular formula is C22H25N5O2. The van der Waals surface area contributed by atoms with Crippen molar-refractivity contribution in [2.24, 2.45) is 0 Å². The summed E-state index contributed by atoms with van der Waals surface area (Å²) in [5.74, 6) is 1.75. The van der Waals surface area contributed by atoms with Crippen molar-refractivity contribution in [1.29, 1.82) is 0 Å². The van der Waals surface area contributed by atoms with Crippen LogP contribution in [0.15, 0.2) is 49.3 Å². The molecule has 0 aliphatic carbocycles. The van der Waals surface area contributed by atoms with Crippen LogP contribution in [0.5, 0.6) is 11.5 Å². The molecule has 4 rings (SSSR count). The predicted octanol–water partition coefficient (Wildman–Crippen LogP) is 3.33. The Morgan fingerprint density at radius 2 is 1.90 bits per heavy atom. The highest BCUT2D eigenvalue weighted by molar-refractivity contribution is 5.65. The number of pyridine rings is 2. The summed E-state index contributed by atoms with van der Waals surface area (Å²) in [6.45, 7) is 2.65. The molecule has 1 aliphatic heterocycles. The fraction of sp³-hybridized carbons (Fsp3) is 0.364. The molecule has 3 aromatic rings. The SMILES string of the molecule is COc1ccnc(CN2CCCC(c3ncncc3-c3ccncc3)C2)c1OC. The molecule has 0 spiro atoms. The van der Waals surface area contributed by atoms with Gasteiger partial charge in [-0.05, 0) is 37.1 Å². The van der Waals surface area contributed by atoms with E-state index in [1.807, 2.05) is 24.4 Å². The highest BCUT2D eigenvalue weighted by atomic mass is 16.5. The third-order valence-electron chi connectivity index (χ3n) is 5.37.